The lowest BCUT2D eigenvalue weighted by Gasteiger charge is -2.37. The Morgan fingerprint density at radius 1 is 1.25 bits per heavy atom. The molecule has 112 valence electrons. The number of benzene rings is 1. The molecule has 0 saturated carbocycles. The number of amides is 1. The van der Waals surface area contributed by atoms with Gasteiger partial charge in [0.25, 0.3) is 0 Å². The number of anilines is 1. The Morgan fingerprint density at radius 3 is 2.40 bits per heavy atom. The van der Waals surface area contributed by atoms with Crippen LogP contribution < -0.4 is 11.1 Å². The highest BCUT2D eigenvalue weighted by molar-refractivity contribution is 5.96. The molecule has 0 aromatic heterocycles. The van der Waals surface area contributed by atoms with Crippen LogP contribution in [0.1, 0.15) is 40.2 Å². The highest BCUT2D eigenvalue weighted by Gasteiger charge is 2.40. The number of rotatable bonds is 6. The zero-order chi connectivity index (χ0) is 15.4. The summed E-state index contributed by atoms with van der Waals surface area (Å²) in [5.41, 5.74) is 6.57. The molecular weight excluding hydrogens is 252 g/mol. The Balaban J connectivity index is 2.91. The molecule has 0 bridgehead atoms. The van der Waals surface area contributed by atoms with E-state index in [0.29, 0.717) is 13.2 Å². The van der Waals surface area contributed by atoms with Gasteiger partial charge in [-0.2, -0.15) is 0 Å². The lowest BCUT2D eigenvalue weighted by Crippen LogP contribution is -2.53. The molecule has 0 saturated heterocycles. The molecule has 1 amide bonds. The van der Waals surface area contributed by atoms with Gasteiger partial charge in [-0.15, -0.1) is 0 Å². The molecule has 0 aliphatic rings. The Bertz CT molecular complexity index is 462. The predicted octanol–water partition coefficient (Wildman–Crippen LogP) is 2.93. The van der Waals surface area contributed by atoms with Crippen molar-refractivity contribution >= 4 is 11.6 Å². The van der Waals surface area contributed by atoms with E-state index in [2.05, 4.69) is 5.32 Å². The maximum Gasteiger partial charge on any atom is 0.231 e. The van der Waals surface area contributed by atoms with E-state index in [-0.39, 0.29) is 5.91 Å². The molecule has 0 atom stereocenters. The van der Waals surface area contributed by atoms with Crippen LogP contribution in [-0.4, -0.2) is 18.1 Å². The number of ether oxygens (including phenoxy) is 1. The molecule has 1 aromatic rings. The second kappa shape index (κ2) is 6.37. The molecule has 0 spiro atoms. The quantitative estimate of drug-likeness (QED) is 0.841. The monoisotopic (exact) mass is 278 g/mol. The summed E-state index contributed by atoms with van der Waals surface area (Å²) in [4.78, 5) is 12.5. The van der Waals surface area contributed by atoms with Crippen LogP contribution in [0, 0.1) is 5.41 Å². The summed E-state index contributed by atoms with van der Waals surface area (Å²) in [6, 6.07) is 7.66. The normalized spacial score (nSPS) is 12.3. The number of nitrogens with one attached hydrogen (secondary N) is 1. The van der Waals surface area contributed by atoms with Gasteiger partial charge in [-0.1, -0.05) is 18.2 Å². The van der Waals surface area contributed by atoms with Gasteiger partial charge in [0, 0.05) is 23.4 Å². The predicted molar refractivity (Wildman–Crippen MR) is 82.4 cm³/mol. The number of para-hydroxylation sites is 1. The topological polar surface area (TPSA) is 64.3 Å². The molecule has 0 unspecified atom stereocenters. The number of hydrogen-bond donors (Lipinski definition) is 2. The second-order valence-electron chi connectivity index (χ2n) is 6.10. The van der Waals surface area contributed by atoms with Crippen molar-refractivity contribution in [1.82, 2.24) is 0 Å². The maximum atomic E-state index is 12.5. The van der Waals surface area contributed by atoms with E-state index in [1.165, 1.54) is 0 Å². The maximum absolute atomic E-state index is 12.5. The zero-order valence-electron chi connectivity index (χ0n) is 13.1. The highest BCUT2D eigenvalue weighted by atomic mass is 16.5. The molecule has 1 aromatic carbocycles. The van der Waals surface area contributed by atoms with Crippen LogP contribution in [0.2, 0.25) is 0 Å². The Hall–Kier alpha value is -1.39. The number of carbonyl (C=O) groups excluding carboxylic acids is 1. The summed E-state index contributed by atoms with van der Waals surface area (Å²) in [6.45, 7) is 10.5. The second-order valence-corrected chi connectivity index (χ2v) is 6.10. The fraction of sp³-hybridized carbons (Fsp3) is 0.562. The van der Waals surface area contributed by atoms with E-state index in [4.69, 9.17) is 10.5 Å². The fourth-order valence-electron chi connectivity index (χ4n) is 1.55. The van der Waals surface area contributed by atoms with Crippen LogP contribution in [0.15, 0.2) is 24.3 Å². The summed E-state index contributed by atoms with van der Waals surface area (Å²) >= 11 is 0. The van der Waals surface area contributed by atoms with Crippen LogP contribution in [0.3, 0.4) is 0 Å². The van der Waals surface area contributed by atoms with E-state index in [0.717, 1.165) is 11.3 Å². The Labute approximate surface area is 121 Å². The van der Waals surface area contributed by atoms with Crippen molar-refractivity contribution in [3.05, 3.63) is 29.8 Å². The molecule has 0 heterocycles. The third-order valence-electron chi connectivity index (χ3n) is 3.91. The van der Waals surface area contributed by atoms with Gasteiger partial charge in [-0.25, -0.2) is 0 Å². The van der Waals surface area contributed by atoms with E-state index in [1.807, 2.05) is 58.9 Å². The first-order valence-corrected chi connectivity index (χ1v) is 6.96. The minimum atomic E-state index is -0.675. The Morgan fingerprint density at radius 2 is 1.85 bits per heavy atom. The van der Waals surface area contributed by atoms with E-state index < -0.39 is 11.0 Å². The lowest BCUT2D eigenvalue weighted by molar-refractivity contribution is -0.126. The van der Waals surface area contributed by atoms with Crippen LogP contribution in [0.5, 0.6) is 0 Å². The standard InChI is InChI=1S/C16H26N2O2/c1-6-20-11-12-9-7-8-10-13(12)18-14(19)15(2,3)16(4,5)17/h7-10H,6,11,17H2,1-5H3,(H,18,19). The molecule has 0 fully saturated rings. The van der Waals surface area contributed by atoms with Crippen LogP contribution in [0.25, 0.3) is 0 Å². The average Bonchev–Trinajstić information content (AvgIpc) is 2.36. The third kappa shape index (κ3) is 3.81. The van der Waals surface area contributed by atoms with Gasteiger partial charge >= 0.3 is 0 Å². The van der Waals surface area contributed by atoms with Gasteiger partial charge in [0.05, 0.1) is 12.0 Å². The lowest BCUT2D eigenvalue weighted by atomic mass is 9.74. The third-order valence-corrected chi connectivity index (χ3v) is 3.91. The van der Waals surface area contributed by atoms with Gasteiger partial charge in [-0.3, -0.25) is 4.79 Å². The minimum absolute atomic E-state index is 0.0889. The van der Waals surface area contributed by atoms with Crippen LogP contribution >= 0.6 is 0 Å². The summed E-state index contributed by atoms with van der Waals surface area (Å²) in [5, 5.41) is 2.97. The zero-order valence-corrected chi connectivity index (χ0v) is 13.1. The summed E-state index contributed by atoms with van der Waals surface area (Å²) in [6.07, 6.45) is 0. The fourth-order valence-corrected chi connectivity index (χ4v) is 1.55. The van der Waals surface area contributed by atoms with Crippen molar-refractivity contribution in [3.63, 3.8) is 0 Å². The van der Waals surface area contributed by atoms with Gasteiger partial charge in [0.1, 0.15) is 0 Å². The van der Waals surface area contributed by atoms with Crippen LogP contribution in [-0.2, 0) is 16.1 Å². The van der Waals surface area contributed by atoms with Crippen molar-refractivity contribution in [2.24, 2.45) is 11.1 Å². The van der Waals surface area contributed by atoms with Crippen molar-refractivity contribution in [1.29, 1.82) is 0 Å². The summed E-state index contributed by atoms with van der Waals surface area (Å²) in [5.74, 6) is -0.0889. The van der Waals surface area contributed by atoms with Gasteiger partial charge in [-0.05, 0) is 40.7 Å². The molecule has 4 nitrogen and oxygen atoms in total. The first kappa shape index (κ1) is 16.7. The first-order chi connectivity index (χ1) is 9.20. The van der Waals surface area contributed by atoms with Crippen molar-refractivity contribution in [2.45, 2.75) is 46.8 Å². The van der Waals surface area contributed by atoms with Crippen molar-refractivity contribution < 1.29 is 9.53 Å². The summed E-state index contributed by atoms with van der Waals surface area (Å²) in [7, 11) is 0. The summed E-state index contributed by atoms with van der Waals surface area (Å²) < 4.78 is 5.42. The van der Waals surface area contributed by atoms with Gasteiger partial charge in [0.2, 0.25) is 5.91 Å². The molecule has 0 aliphatic heterocycles. The average molecular weight is 278 g/mol. The van der Waals surface area contributed by atoms with Crippen molar-refractivity contribution in [3.8, 4) is 0 Å². The van der Waals surface area contributed by atoms with Gasteiger partial charge in [0.15, 0.2) is 0 Å². The number of nitrogens with two attached hydrogens (primary N) is 1. The largest absolute Gasteiger partial charge is 0.377 e. The molecular formula is C16H26N2O2. The number of hydrogen-bond acceptors (Lipinski definition) is 3. The van der Waals surface area contributed by atoms with E-state index in [1.54, 1.807) is 0 Å². The minimum Gasteiger partial charge on any atom is -0.377 e. The SMILES string of the molecule is CCOCc1ccccc1NC(=O)C(C)(C)C(C)(C)N. The van der Waals surface area contributed by atoms with Crippen molar-refractivity contribution in [2.75, 3.05) is 11.9 Å². The number of carbonyl (C=O) groups is 1. The van der Waals surface area contributed by atoms with Crippen LogP contribution in [0.4, 0.5) is 5.69 Å². The molecule has 1 rings (SSSR count). The molecule has 0 aliphatic carbocycles. The molecule has 4 heteroatoms. The molecule has 0 radical (unpaired) electrons. The molecule has 20 heavy (non-hydrogen) atoms. The van der Waals surface area contributed by atoms with E-state index in [9.17, 15) is 4.79 Å². The first-order valence-electron chi connectivity index (χ1n) is 6.96. The van der Waals surface area contributed by atoms with Gasteiger partial charge < -0.3 is 15.8 Å². The van der Waals surface area contributed by atoms with E-state index >= 15 is 0 Å². The Kier molecular flexibility index (Phi) is 5.31. The smallest absolute Gasteiger partial charge is 0.231 e. The highest BCUT2D eigenvalue weighted by Crippen LogP contribution is 2.30. The molecule has 3 N–H and O–H groups in total.